The van der Waals surface area contributed by atoms with Gasteiger partial charge >= 0.3 is 0 Å². The Bertz CT molecular complexity index is 790. The maximum Gasteiger partial charge on any atom is 0.264 e. The quantitative estimate of drug-likeness (QED) is 0.864. The number of hydrogen-bond donors (Lipinski definition) is 1. The van der Waals surface area contributed by atoms with Gasteiger partial charge in [-0.3, -0.25) is 4.31 Å². The molecule has 0 amide bonds. The molecule has 2 aromatic carbocycles. The van der Waals surface area contributed by atoms with E-state index in [1.54, 1.807) is 30.3 Å². The van der Waals surface area contributed by atoms with Crippen molar-refractivity contribution in [1.29, 1.82) is 0 Å². The highest BCUT2D eigenvalue weighted by Crippen LogP contribution is 2.33. The van der Waals surface area contributed by atoms with E-state index >= 15 is 0 Å². The standard InChI is InChI=1S/C15H15ClN2O2S/c16-12-6-7-15-11(9-12)3-2-8-18(15)21(19,20)14-5-1-4-13(17)10-14/h1,4-7,9-10H,2-3,8,17H2. The van der Waals surface area contributed by atoms with Crippen molar-refractivity contribution in [2.45, 2.75) is 17.7 Å². The monoisotopic (exact) mass is 322 g/mol. The number of hydrogen-bond acceptors (Lipinski definition) is 3. The summed E-state index contributed by atoms with van der Waals surface area (Å²) in [6.45, 7) is 0.464. The fourth-order valence-corrected chi connectivity index (χ4v) is 4.37. The summed E-state index contributed by atoms with van der Waals surface area (Å²) in [6.07, 6.45) is 1.60. The molecule has 0 saturated heterocycles. The van der Waals surface area contributed by atoms with Crippen LogP contribution >= 0.6 is 11.6 Å². The molecule has 0 bridgehead atoms. The number of halogens is 1. The molecule has 0 aromatic heterocycles. The van der Waals surface area contributed by atoms with E-state index in [0.717, 1.165) is 18.4 Å². The van der Waals surface area contributed by atoms with E-state index in [-0.39, 0.29) is 4.90 Å². The van der Waals surface area contributed by atoms with Crippen molar-refractivity contribution in [2.75, 3.05) is 16.6 Å². The second kappa shape index (κ2) is 5.24. The lowest BCUT2D eigenvalue weighted by Gasteiger charge is -2.30. The molecular weight excluding hydrogens is 308 g/mol. The van der Waals surface area contributed by atoms with E-state index in [0.29, 0.717) is 22.9 Å². The molecule has 0 radical (unpaired) electrons. The molecule has 4 nitrogen and oxygen atoms in total. The van der Waals surface area contributed by atoms with Crippen LogP contribution in [0.3, 0.4) is 0 Å². The first-order chi connectivity index (χ1) is 9.98. The van der Waals surface area contributed by atoms with Gasteiger partial charge in [-0.05, 0) is 54.8 Å². The van der Waals surface area contributed by atoms with Gasteiger partial charge in [0.25, 0.3) is 10.0 Å². The number of nitrogens with zero attached hydrogens (tertiary/aromatic N) is 1. The first kappa shape index (κ1) is 14.2. The largest absolute Gasteiger partial charge is 0.399 e. The Balaban J connectivity index is 2.09. The fraction of sp³-hybridized carbons (Fsp3) is 0.200. The molecule has 2 aromatic rings. The van der Waals surface area contributed by atoms with E-state index in [2.05, 4.69) is 0 Å². The van der Waals surface area contributed by atoms with E-state index in [1.807, 2.05) is 6.07 Å². The van der Waals surface area contributed by atoms with Crippen LogP contribution in [0, 0.1) is 0 Å². The average Bonchev–Trinajstić information content (AvgIpc) is 2.46. The van der Waals surface area contributed by atoms with Crippen molar-refractivity contribution in [3.63, 3.8) is 0 Å². The summed E-state index contributed by atoms with van der Waals surface area (Å²) in [5, 5.41) is 0.622. The molecule has 6 heteroatoms. The molecule has 21 heavy (non-hydrogen) atoms. The minimum absolute atomic E-state index is 0.213. The second-order valence-electron chi connectivity index (χ2n) is 5.03. The van der Waals surface area contributed by atoms with Gasteiger partial charge < -0.3 is 5.73 Å². The number of sulfonamides is 1. The number of fused-ring (bicyclic) bond motifs is 1. The molecule has 0 atom stereocenters. The lowest BCUT2D eigenvalue weighted by Crippen LogP contribution is -2.35. The van der Waals surface area contributed by atoms with Crippen LogP contribution in [0.5, 0.6) is 0 Å². The summed E-state index contributed by atoms with van der Waals surface area (Å²) < 4.78 is 27.1. The number of nitrogen functional groups attached to an aromatic ring is 1. The SMILES string of the molecule is Nc1cccc(S(=O)(=O)N2CCCc3cc(Cl)ccc32)c1. The Hall–Kier alpha value is -1.72. The van der Waals surface area contributed by atoms with Crippen LogP contribution in [0.4, 0.5) is 11.4 Å². The molecular formula is C15H15ClN2O2S. The van der Waals surface area contributed by atoms with E-state index in [9.17, 15) is 8.42 Å². The van der Waals surface area contributed by atoms with Gasteiger partial charge in [-0.1, -0.05) is 17.7 Å². The van der Waals surface area contributed by atoms with E-state index < -0.39 is 10.0 Å². The first-order valence-corrected chi connectivity index (χ1v) is 8.47. The molecule has 0 saturated carbocycles. The molecule has 2 N–H and O–H groups in total. The summed E-state index contributed by atoms with van der Waals surface area (Å²) in [6, 6.07) is 11.7. The summed E-state index contributed by atoms with van der Waals surface area (Å²) in [7, 11) is -3.60. The number of anilines is 2. The maximum atomic E-state index is 12.8. The Kier molecular flexibility index (Phi) is 3.55. The Morgan fingerprint density at radius 2 is 1.95 bits per heavy atom. The second-order valence-corrected chi connectivity index (χ2v) is 7.32. The predicted molar refractivity (Wildman–Crippen MR) is 85.2 cm³/mol. The molecule has 1 aliphatic rings. The van der Waals surface area contributed by atoms with Gasteiger partial charge in [-0.2, -0.15) is 0 Å². The number of aryl methyl sites for hydroxylation is 1. The Morgan fingerprint density at radius 1 is 1.14 bits per heavy atom. The zero-order chi connectivity index (χ0) is 15.0. The van der Waals surface area contributed by atoms with Crippen LogP contribution in [-0.2, 0) is 16.4 Å². The molecule has 1 heterocycles. The molecule has 1 aliphatic heterocycles. The summed E-state index contributed by atoms with van der Waals surface area (Å²) in [5.74, 6) is 0. The van der Waals surface area contributed by atoms with Crippen molar-refractivity contribution < 1.29 is 8.42 Å². The van der Waals surface area contributed by atoms with Crippen LogP contribution < -0.4 is 10.0 Å². The summed E-state index contributed by atoms with van der Waals surface area (Å²) in [4.78, 5) is 0.213. The molecule has 0 aliphatic carbocycles. The van der Waals surface area contributed by atoms with Gasteiger partial charge in [-0.15, -0.1) is 0 Å². The number of nitrogens with two attached hydrogens (primary N) is 1. The van der Waals surface area contributed by atoms with Crippen LogP contribution in [0.2, 0.25) is 5.02 Å². The third-order valence-corrected chi connectivity index (χ3v) is 5.61. The molecule has 0 spiro atoms. The highest BCUT2D eigenvalue weighted by molar-refractivity contribution is 7.92. The zero-order valence-corrected chi connectivity index (χ0v) is 12.9. The average molecular weight is 323 g/mol. The van der Waals surface area contributed by atoms with Gasteiger partial charge in [0, 0.05) is 17.3 Å². The van der Waals surface area contributed by atoms with Crippen molar-refractivity contribution in [1.82, 2.24) is 0 Å². The Morgan fingerprint density at radius 3 is 2.71 bits per heavy atom. The third kappa shape index (κ3) is 2.59. The summed E-state index contributed by atoms with van der Waals surface area (Å²) in [5.41, 5.74) is 7.79. The molecule has 110 valence electrons. The number of benzene rings is 2. The third-order valence-electron chi connectivity index (χ3n) is 3.56. The number of rotatable bonds is 2. The molecule has 0 unspecified atom stereocenters. The minimum Gasteiger partial charge on any atom is -0.399 e. The van der Waals surface area contributed by atoms with Crippen molar-refractivity contribution >= 4 is 33.0 Å². The van der Waals surface area contributed by atoms with Crippen molar-refractivity contribution in [3.05, 3.63) is 53.1 Å². The van der Waals surface area contributed by atoms with Crippen molar-refractivity contribution in [3.8, 4) is 0 Å². The first-order valence-electron chi connectivity index (χ1n) is 6.65. The van der Waals surface area contributed by atoms with Gasteiger partial charge in [0.05, 0.1) is 10.6 Å². The summed E-state index contributed by atoms with van der Waals surface area (Å²) >= 11 is 5.99. The van der Waals surface area contributed by atoms with Crippen LogP contribution in [0.1, 0.15) is 12.0 Å². The topological polar surface area (TPSA) is 63.4 Å². The van der Waals surface area contributed by atoms with Crippen LogP contribution in [0.15, 0.2) is 47.4 Å². The van der Waals surface area contributed by atoms with Crippen LogP contribution in [-0.4, -0.2) is 15.0 Å². The lowest BCUT2D eigenvalue weighted by atomic mass is 10.0. The molecule has 0 fully saturated rings. The smallest absolute Gasteiger partial charge is 0.264 e. The zero-order valence-electron chi connectivity index (χ0n) is 11.3. The predicted octanol–water partition coefficient (Wildman–Crippen LogP) is 3.06. The van der Waals surface area contributed by atoms with Gasteiger partial charge in [0.1, 0.15) is 0 Å². The van der Waals surface area contributed by atoms with Crippen molar-refractivity contribution in [2.24, 2.45) is 0 Å². The lowest BCUT2D eigenvalue weighted by molar-refractivity contribution is 0.586. The fourth-order valence-electron chi connectivity index (χ4n) is 2.58. The highest BCUT2D eigenvalue weighted by atomic mass is 35.5. The van der Waals surface area contributed by atoms with E-state index in [4.69, 9.17) is 17.3 Å². The van der Waals surface area contributed by atoms with Gasteiger partial charge in [-0.25, -0.2) is 8.42 Å². The van der Waals surface area contributed by atoms with Gasteiger partial charge in [0.2, 0.25) is 0 Å². The maximum absolute atomic E-state index is 12.8. The molecule has 3 rings (SSSR count). The Labute approximate surface area is 129 Å². The minimum atomic E-state index is -3.60. The van der Waals surface area contributed by atoms with Crippen LogP contribution in [0.25, 0.3) is 0 Å². The van der Waals surface area contributed by atoms with E-state index in [1.165, 1.54) is 10.4 Å². The van der Waals surface area contributed by atoms with Gasteiger partial charge in [0.15, 0.2) is 0 Å². The highest BCUT2D eigenvalue weighted by Gasteiger charge is 2.29. The normalized spacial score (nSPS) is 14.8.